The molecule has 1 fully saturated rings. The molecule has 5 heteroatoms. The average Bonchev–Trinajstić information content (AvgIpc) is 3.34. The molecule has 28 heavy (non-hydrogen) atoms. The number of ether oxygens (including phenoxy) is 1. The number of hydrogen-bond acceptors (Lipinski definition) is 4. The van der Waals surface area contributed by atoms with Crippen molar-refractivity contribution < 1.29 is 4.74 Å². The molecule has 3 heterocycles. The van der Waals surface area contributed by atoms with E-state index in [1.165, 1.54) is 62.2 Å². The zero-order valence-corrected chi connectivity index (χ0v) is 18.2. The summed E-state index contributed by atoms with van der Waals surface area (Å²) in [5.41, 5.74) is 4.04. The first-order valence-corrected chi connectivity index (χ1v) is 11.3. The molecule has 2 aliphatic heterocycles. The van der Waals surface area contributed by atoms with Gasteiger partial charge in [0, 0.05) is 37.2 Å². The molecule has 0 unspecified atom stereocenters. The summed E-state index contributed by atoms with van der Waals surface area (Å²) in [6.45, 7) is 5.08. The van der Waals surface area contributed by atoms with Gasteiger partial charge in [-0.05, 0) is 49.7 Å². The van der Waals surface area contributed by atoms with E-state index in [4.69, 9.17) is 4.74 Å². The molecule has 1 aromatic heterocycles. The maximum atomic E-state index is 6.03. The Bertz CT molecular complexity index is 886. The fraction of sp³-hybridized carbons (Fsp3) is 0.304. The lowest BCUT2D eigenvalue weighted by Gasteiger charge is -2.13. The summed E-state index contributed by atoms with van der Waals surface area (Å²) in [6.07, 6.45) is 2.68. The molecule has 0 atom stereocenters. The summed E-state index contributed by atoms with van der Waals surface area (Å²) in [5, 5.41) is 0. The van der Waals surface area contributed by atoms with E-state index in [9.17, 15) is 0 Å². The Balaban J connectivity index is 0.00000192. The Morgan fingerprint density at radius 1 is 0.857 bits per heavy atom. The van der Waals surface area contributed by atoms with Crippen LogP contribution < -0.4 is 0 Å². The molecule has 2 aliphatic rings. The SMILES string of the molecule is Cl.c1ccc2c(c1)Sc1ccccc1-c1sc(COCCN3CCCC3)cc1-2. The number of fused-ring (bicyclic) bond motifs is 5. The molecule has 0 radical (unpaired) electrons. The molecule has 1 saturated heterocycles. The number of nitrogens with zero attached hydrogens (tertiary/aromatic N) is 1. The van der Waals surface area contributed by atoms with Crippen LogP contribution in [0.4, 0.5) is 0 Å². The van der Waals surface area contributed by atoms with E-state index in [0.29, 0.717) is 6.61 Å². The van der Waals surface area contributed by atoms with E-state index in [-0.39, 0.29) is 12.4 Å². The highest BCUT2D eigenvalue weighted by atomic mass is 35.5. The van der Waals surface area contributed by atoms with Gasteiger partial charge in [-0.15, -0.1) is 23.7 Å². The first-order valence-electron chi connectivity index (χ1n) is 9.68. The van der Waals surface area contributed by atoms with Crippen LogP contribution in [0.15, 0.2) is 64.4 Å². The highest BCUT2D eigenvalue weighted by Crippen LogP contribution is 2.50. The summed E-state index contributed by atoms with van der Waals surface area (Å²) in [7, 11) is 0. The molecule has 146 valence electrons. The molecule has 0 bridgehead atoms. The van der Waals surface area contributed by atoms with Crippen molar-refractivity contribution in [3.8, 4) is 21.6 Å². The van der Waals surface area contributed by atoms with Crippen molar-refractivity contribution in [1.29, 1.82) is 0 Å². The van der Waals surface area contributed by atoms with Gasteiger partial charge in [0.1, 0.15) is 0 Å². The molecule has 0 amide bonds. The van der Waals surface area contributed by atoms with Gasteiger partial charge in [-0.2, -0.15) is 0 Å². The van der Waals surface area contributed by atoms with Gasteiger partial charge in [0.25, 0.3) is 0 Å². The number of likely N-dealkylation sites (tertiary alicyclic amines) is 1. The zero-order valence-electron chi connectivity index (χ0n) is 15.7. The van der Waals surface area contributed by atoms with Crippen molar-refractivity contribution in [3.05, 3.63) is 59.5 Å². The lowest BCUT2D eigenvalue weighted by molar-refractivity contribution is 0.101. The van der Waals surface area contributed by atoms with Gasteiger partial charge < -0.3 is 9.64 Å². The largest absolute Gasteiger partial charge is 0.375 e. The molecule has 5 rings (SSSR count). The first kappa shape index (κ1) is 20.0. The lowest BCUT2D eigenvalue weighted by Crippen LogP contribution is -2.23. The second kappa shape index (κ2) is 9.02. The van der Waals surface area contributed by atoms with Gasteiger partial charge in [-0.25, -0.2) is 0 Å². The Morgan fingerprint density at radius 3 is 2.32 bits per heavy atom. The van der Waals surface area contributed by atoms with E-state index in [2.05, 4.69) is 59.5 Å². The molecule has 3 aromatic rings. The van der Waals surface area contributed by atoms with Crippen LogP contribution >= 0.6 is 35.5 Å². The predicted octanol–water partition coefficient (Wildman–Crippen LogP) is 6.58. The van der Waals surface area contributed by atoms with Crippen LogP contribution in [0.5, 0.6) is 0 Å². The number of halogens is 1. The summed E-state index contributed by atoms with van der Waals surface area (Å²) in [6, 6.07) is 19.9. The molecule has 0 saturated carbocycles. The molecule has 0 N–H and O–H groups in total. The Hall–Kier alpha value is -1.30. The van der Waals surface area contributed by atoms with Gasteiger partial charge in [-0.3, -0.25) is 0 Å². The van der Waals surface area contributed by atoms with Crippen molar-refractivity contribution in [2.45, 2.75) is 29.2 Å². The van der Waals surface area contributed by atoms with E-state index in [1.54, 1.807) is 0 Å². The minimum absolute atomic E-state index is 0. The average molecular weight is 430 g/mol. The zero-order chi connectivity index (χ0) is 18.1. The van der Waals surface area contributed by atoms with Gasteiger partial charge in [0.05, 0.1) is 13.2 Å². The van der Waals surface area contributed by atoms with Gasteiger partial charge in [0.2, 0.25) is 0 Å². The van der Waals surface area contributed by atoms with Crippen molar-refractivity contribution >= 4 is 35.5 Å². The van der Waals surface area contributed by atoms with Gasteiger partial charge in [0.15, 0.2) is 0 Å². The van der Waals surface area contributed by atoms with E-state index < -0.39 is 0 Å². The second-order valence-corrected chi connectivity index (χ2v) is 9.37. The molecule has 2 nitrogen and oxygen atoms in total. The van der Waals surface area contributed by atoms with Crippen LogP contribution in [0.25, 0.3) is 21.6 Å². The lowest BCUT2D eigenvalue weighted by atomic mass is 10.0. The van der Waals surface area contributed by atoms with E-state index >= 15 is 0 Å². The minimum atomic E-state index is 0. The van der Waals surface area contributed by atoms with Gasteiger partial charge in [-0.1, -0.05) is 48.2 Å². The minimum Gasteiger partial charge on any atom is -0.375 e. The quantitative estimate of drug-likeness (QED) is 0.332. The number of hydrogen-bond donors (Lipinski definition) is 0. The standard InChI is InChI=1S/C23H23NOS2.ClH/c1-3-9-21-18(7-1)20-15-17(16-25-14-13-24-11-5-6-12-24)26-23(20)19-8-2-4-10-22(19)27-21;/h1-4,7-10,15H,5-6,11-14,16H2;1H. The topological polar surface area (TPSA) is 12.5 Å². The molecule has 0 aliphatic carbocycles. The van der Waals surface area contributed by atoms with Crippen molar-refractivity contribution in [2.24, 2.45) is 0 Å². The highest BCUT2D eigenvalue weighted by molar-refractivity contribution is 7.99. The van der Waals surface area contributed by atoms with Crippen LogP contribution in [0, 0.1) is 0 Å². The second-order valence-electron chi connectivity index (χ2n) is 7.15. The van der Waals surface area contributed by atoms with Crippen molar-refractivity contribution in [3.63, 3.8) is 0 Å². The number of benzene rings is 2. The first-order chi connectivity index (χ1) is 13.4. The summed E-state index contributed by atoms with van der Waals surface area (Å²) in [4.78, 5) is 7.88. The highest BCUT2D eigenvalue weighted by Gasteiger charge is 2.22. The van der Waals surface area contributed by atoms with E-state index in [0.717, 1.165) is 13.2 Å². The predicted molar refractivity (Wildman–Crippen MR) is 122 cm³/mol. The monoisotopic (exact) mass is 429 g/mol. The van der Waals surface area contributed by atoms with Crippen LogP contribution in [-0.4, -0.2) is 31.1 Å². The molecular formula is C23H24ClNOS2. The number of rotatable bonds is 5. The molecule has 2 aromatic carbocycles. The van der Waals surface area contributed by atoms with Crippen molar-refractivity contribution in [1.82, 2.24) is 4.90 Å². The number of thiophene rings is 1. The maximum absolute atomic E-state index is 6.03. The summed E-state index contributed by atoms with van der Waals surface area (Å²) < 4.78 is 6.03. The summed E-state index contributed by atoms with van der Waals surface area (Å²) >= 11 is 3.76. The van der Waals surface area contributed by atoms with Crippen LogP contribution in [0.3, 0.4) is 0 Å². The molecule has 0 spiro atoms. The van der Waals surface area contributed by atoms with Crippen molar-refractivity contribution in [2.75, 3.05) is 26.2 Å². The normalized spacial score (nSPS) is 15.3. The van der Waals surface area contributed by atoms with Crippen LogP contribution in [0.1, 0.15) is 17.7 Å². The fourth-order valence-corrected chi connectivity index (χ4v) is 6.24. The molecular weight excluding hydrogens is 406 g/mol. The third-order valence-corrected chi connectivity index (χ3v) is 7.60. The summed E-state index contributed by atoms with van der Waals surface area (Å²) in [5.74, 6) is 0. The Morgan fingerprint density at radius 2 is 1.54 bits per heavy atom. The van der Waals surface area contributed by atoms with Crippen LogP contribution in [0.2, 0.25) is 0 Å². The third kappa shape index (κ3) is 4.03. The van der Waals surface area contributed by atoms with Crippen LogP contribution in [-0.2, 0) is 11.3 Å². The Labute approximate surface area is 181 Å². The smallest absolute Gasteiger partial charge is 0.0810 e. The Kier molecular flexibility index (Phi) is 6.44. The van der Waals surface area contributed by atoms with E-state index in [1.807, 2.05) is 23.1 Å². The third-order valence-electron chi connectivity index (χ3n) is 5.31. The fourth-order valence-electron chi connectivity index (χ4n) is 3.93. The van der Waals surface area contributed by atoms with Gasteiger partial charge >= 0.3 is 0 Å². The maximum Gasteiger partial charge on any atom is 0.0810 e.